The van der Waals surface area contributed by atoms with Crippen LogP contribution in [-0.4, -0.2) is 35.1 Å². The second kappa shape index (κ2) is 10.2. The summed E-state index contributed by atoms with van der Waals surface area (Å²) in [7, 11) is 0. The summed E-state index contributed by atoms with van der Waals surface area (Å²) < 4.78 is 5.15. The maximum Gasteiger partial charge on any atom is 0.306 e. The Morgan fingerprint density at radius 1 is 0.952 bits per heavy atom. The van der Waals surface area contributed by atoms with Crippen molar-refractivity contribution in [2.24, 2.45) is 0 Å². The molecule has 0 fully saturated rings. The zero-order valence-corrected chi connectivity index (χ0v) is 13.2. The number of unbranched alkanes of at least 4 members (excludes halogenated alkanes) is 2. The van der Waals surface area contributed by atoms with E-state index >= 15 is 0 Å². The van der Waals surface area contributed by atoms with Crippen molar-refractivity contribution in [3.05, 3.63) is 0 Å². The van der Waals surface area contributed by atoms with Gasteiger partial charge in [0.15, 0.2) is 0 Å². The largest absolute Gasteiger partial charge is 0.481 e. The first-order valence-electron chi connectivity index (χ1n) is 7.41. The van der Waals surface area contributed by atoms with Gasteiger partial charge in [0.1, 0.15) is 5.60 Å². The van der Waals surface area contributed by atoms with Gasteiger partial charge in [-0.05, 0) is 40.0 Å². The maximum atomic E-state index is 11.5. The van der Waals surface area contributed by atoms with Gasteiger partial charge >= 0.3 is 11.9 Å². The normalized spacial score (nSPS) is 11.0. The van der Waals surface area contributed by atoms with Gasteiger partial charge in [0.2, 0.25) is 5.91 Å². The molecule has 0 atom stereocenters. The smallest absolute Gasteiger partial charge is 0.306 e. The Labute approximate surface area is 126 Å². The summed E-state index contributed by atoms with van der Waals surface area (Å²) in [6, 6.07) is 0. The molecule has 1 amide bonds. The SMILES string of the molecule is CC(C)(C)OC(=O)CCCC(=O)NCCCCCC(=O)O. The highest BCUT2D eigenvalue weighted by Gasteiger charge is 2.16. The fourth-order valence-electron chi connectivity index (χ4n) is 1.68. The average molecular weight is 301 g/mol. The summed E-state index contributed by atoms with van der Waals surface area (Å²) in [4.78, 5) is 33.2. The first kappa shape index (κ1) is 19.4. The van der Waals surface area contributed by atoms with Crippen molar-refractivity contribution in [1.82, 2.24) is 5.32 Å². The number of rotatable bonds is 10. The molecule has 0 aromatic rings. The minimum Gasteiger partial charge on any atom is -0.481 e. The van der Waals surface area contributed by atoms with Gasteiger partial charge < -0.3 is 15.2 Å². The summed E-state index contributed by atoms with van der Waals surface area (Å²) in [6.45, 7) is 5.97. The molecular weight excluding hydrogens is 274 g/mol. The lowest BCUT2D eigenvalue weighted by Crippen LogP contribution is -2.25. The fourth-order valence-corrected chi connectivity index (χ4v) is 1.68. The Kier molecular flexibility index (Phi) is 9.41. The minimum absolute atomic E-state index is 0.0863. The number of hydrogen-bond acceptors (Lipinski definition) is 4. The fraction of sp³-hybridized carbons (Fsp3) is 0.800. The molecule has 21 heavy (non-hydrogen) atoms. The number of carbonyl (C=O) groups excluding carboxylic acids is 2. The second-order valence-corrected chi connectivity index (χ2v) is 5.99. The Hall–Kier alpha value is -1.59. The monoisotopic (exact) mass is 301 g/mol. The van der Waals surface area contributed by atoms with Crippen LogP contribution in [0.25, 0.3) is 0 Å². The molecule has 0 rings (SSSR count). The van der Waals surface area contributed by atoms with E-state index in [-0.39, 0.29) is 24.7 Å². The number of carboxylic acids is 1. The van der Waals surface area contributed by atoms with Crippen LogP contribution in [0.15, 0.2) is 0 Å². The predicted molar refractivity (Wildman–Crippen MR) is 78.8 cm³/mol. The molecule has 0 aliphatic rings. The van der Waals surface area contributed by atoms with Gasteiger partial charge in [-0.2, -0.15) is 0 Å². The second-order valence-electron chi connectivity index (χ2n) is 5.99. The quantitative estimate of drug-likeness (QED) is 0.477. The van der Waals surface area contributed by atoms with Gasteiger partial charge in [-0.3, -0.25) is 14.4 Å². The number of carboxylic acid groups (broad SMARTS) is 1. The van der Waals surface area contributed by atoms with Crippen molar-refractivity contribution in [2.45, 2.75) is 71.3 Å². The van der Waals surface area contributed by atoms with E-state index in [2.05, 4.69) is 5.32 Å². The van der Waals surface area contributed by atoms with Crippen molar-refractivity contribution < 1.29 is 24.2 Å². The zero-order valence-electron chi connectivity index (χ0n) is 13.2. The number of hydrogen-bond donors (Lipinski definition) is 2. The predicted octanol–water partition coefficient (Wildman–Crippen LogP) is 2.26. The molecule has 6 heteroatoms. The molecule has 0 aliphatic heterocycles. The lowest BCUT2D eigenvalue weighted by Gasteiger charge is -2.19. The van der Waals surface area contributed by atoms with Crippen LogP contribution < -0.4 is 5.32 Å². The Balaban J connectivity index is 3.50. The molecule has 0 bridgehead atoms. The van der Waals surface area contributed by atoms with Gasteiger partial charge in [-0.15, -0.1) is 0 Å². The highest BCUT2D eigenvalue weighted by molar-refractivity contribution is 5.77. The number of amides is 1. The summed E-state index contributed by atoms with van der Waals surface area (Å²) in [5.74, 6) is -1.16. The van der Waals surface area contributed by atoms with Crippen LogP contribution in [0.4, 0.5) is 0 Å². The first-order chi connectivity index (χ1) is 9.70. The molecule has 6 nitrogen and oxygen atoms in total. The van der Waals surface area contributed by atoms with Crippen LogP contribution >= 0.6 is 0 Å². The molecule has 122 valence electrons. The van der Waals surface area contributed by atoms with Crippen LogP contribution in [0.3, 0.4) is 0 Å². The van der Waals surface area contributed by atoms with Crippen molar-refractivity contribution in [3.8, 4) is 0 Å². The number of ether oxygens (including phenoxy) is 1. The molecule has 0 aromatic heterocycles. The zero-order chi connectivity index (χ0) is 16.3. The third-order valence-electron chi connectivity index (χ3n) is 2.59. The van der Waals surface area contributed by atoms with Crippen LogP contribution in [0.2, 0.25) is 0 Å². The summed E-state index contributed by atoms with van der Waals surface area (Å²) >= 11 is 0. The number of nitrogens with one attached hydrogen (secondary N) is 1. The van der Waals surface area contributed by atoms with Crippen molar-refractivity contribution in [2.75, 3.05) is 6.54 Å². The number of carbonyl (C=O) groups is 3. The molecule has 0 heterocycles. The molecule has 0 saturated heterocycles. The standard InChI is InChI=1S/C15H27NO5/c1-15(2,3)21-14(20)10-7-8-12(17)16-11-6-4-5-9-13(18)19/h4-11H2,1-3H3,(H,16,17)(H,18,19). The van der Waals surface area contributed by atoms with E-state index in [1.54, 1.807) is 0 Å². The van der Waals surface area contributed by atoms with Crippen molar-refractivity contribution in [3.63, 3.8) is 0 Å². The third-order valence-corrected chi connectivity index (χ3v) is 2.59. The van der Waals surface area contributed by atoms with Crippen LogP contribution in [0.5, 0.6) is 0 Å². The molecule has 2 N–H and O–H groups in total. The van der Waals surface area contributed by atoms with Gasteiger partial charge in [0.05, 0.1) is 0 Å². The van der Waals surface area contributed by atoms with E-state index in [1.165, 1.54) is 0 Å². The van der Waals surface area contributed by atoms with Crippen LogP contribution in [0.1, 0.15) is 65.7 Å². The highest BCUT2D eigenvalue weighted by Crippen LogP contribution is 2.09. The van der Waals surface area contributed by atoms with E-state index in [4.69, 9.17) is 9.84 Å². The maximum absolute atomic E-state index is 11.5. The Bertz CT molecular complexity index is 346. The van der Waals surface area contributed by atoms with Crippen molar-refractivity contribution in [1.29, 1.82) is 0 Å². The minimum atomic E-state index is -0.791. The molecule has 0 spiro atoms. The number of aliphatic carboxylic acids is 1. The molecule has 0 radical (unpaired) electrons. The molecule has 0 aromatic carbocycles. The van der Waals surface area contributed by atoms with E-state index in [1.807, 2.05) is 20.8 Å². The lowest BCUT2D eigenvalue weighted by molar-refractivity contribution is -0.155. The molecule has 0 aliphatic carbocycles. The van der Waals surface area contributed by atoms with Gasteiger partial charge in [0, 0.05) is 25.8 Å². The van der Waals surface area contributed by atoms with Crippen LogP contribution in [-0.2, 0) is 19.1 Å². The number of esters is 1. The lowest BCUT2D eigenvalue weighted by atomic mass is 10.1. The van der Waals surface area contributed by atoms with E-state index < -0.39 is 11.6 Å². The summed E-state index contributed by atoms with van der Waals surface area (Å²) in [5.41, 5.74) is -0.491. The van der Waals surface area contributed by atoms with E-state index in [0.717, 1.165) is 12.8 Å². The Morgan fingerprint density at radius 2 is 1.62 bits per heavy atom. The average Bonchev–Trinajstić information content (AvgIpc) is 2.30. The third kappa shape index (κ3) is 14.6. The van der Waals surface area contributed by atoms with E-state index in [9.17, 15) is 14.4 Å². The van der Waals surface area contributed by atoms with E-state index in [0.29, 0.717) is 25.8 Å². The first-order valence-corrected chi connectivity index (χ1v) is 7.41. The topological polar surface area (TPSA) is 92.7 Å². The van der Waals surface area contributed by atoms with Crippen molar-refractivity contribution >= 4 is 17.8 Å². The highest BCUT2D eigenvalue weighted by atomic mass is 16.6. The summed E-state index contributed by atoms with van der Waals surface area (Å²) in [5, 5.41) is 11.2. The summed E-state index contributed by atoms with van der Waals surface area (Å²) in [6.07, 6.45) is 3.36. The molecule has 0 unspecified atom stereocenters. The molecular formula is C15H27NO5. The van der Waals surface area contributed by atoms with Crippen LogP contribution in [0, 0.1) is 0 Å². The van der Waals surface area contributed by atoms with Gasteiger partial charge in [0.25, 0.3) is 0 Å². The Morgan fingerprint density at radius 3 is 2.19 bits per heavy atom. The van der Waals surface area contributed by atoms with Gasteiger partial charge in [-0.25, -0.2) is 0 Å². The van der Waals surface area contributed by atoms with Gasteiger partial charge in [-0.1, -0.05) is 6.42 Å². The molecule has 0 saturated carbocycles.